The van der Waals surface area contributed by atoms with Crippen molar-refractivity contribution in [3.63, 3.8) is 0 Å². The summed E-state index contributed by atoms with van der Waals surface area (Å²) in [6.45, 7) is 0.997. The molecule has 16 heavy (non-hydrogen) atoms. The van der Waals surface area contributed by atoms with Gasteiger partial charge in [0.05, 0.1) is 12.2 Å². The first-order valence-corrected chi connectivity index (χ1v) is 6.36. The molecule has 2 fully saturated rings. The van der Waals surface area contributed by atoms with Gasteiger partial charge in [0.15, 0.2) is 0 Å². The number of carboxylic acid groups (broad SMARTS) is 1. The number of rotatable bonds is 7. The second-order valence-electron chi connectivity index (χ2n) is 4.87. The van der Waals surface area contributed by atoms with Gasteiger partial charge in [-0.1, -0.05) is 6.42 Å². The summed E-state index contributed by atoms with van der Waals surface area (Å²) in [6.07, 6.45) is 7.74. The van der Waals surface area contributed by atoms with Crippen LogP contribution in [0.25, 0.3) is 0 Å². The molecule has 2 rings (SSSR count). The monoisotopic (exact) mass is 227 g/mol. The first-order valence-electron chi connectivity index (χ1n) is 6.36. The standard InChI is InChI=1S/C12H21NO3/c14-12(15)4-2-1-3-7-13-10-8-9-5-6-11(10)16-9/h9-11,13H,1-8H2,(H,14,15). The molecular weight excluding hydrogens is 206 g/mol. The first kappa shape index (κ1) is 11.9. The summed E-state index contributed by atoms with van der Waals surface area (Å²) in [5.41, 5.74) is 0. The highest BCUT2D eigenvalue weighted by Gasteiger charge is 2.40. The zero-order valence-corrected chi connectivity index (χ0v) is 9.65. The average molecular weight is 227 g/mol. The molecule has 3 atom stereocenters. The van der Waals surface area contributed by atoms with Crippen LogP contribution in [0, 0.1) is 0 Å². The van der Waals surface area contributed by atoms with Crippen LogP contribution in [-0.2, 0) is 9.53 Å². The number of hydrogen-bond donors (Lipinski definition) is 2. The number of aliphatic carboxylic acids is 1. The van der Waals surface area contributed by atoms with E-state index in [-0.39, 0.29) is 0 Å². The van der Waals surface area contributed by atoms with Gasteiger partial charge in [-0.05, 0) is 38.6 Å². The Morgan fingerprint density at radius 2 is 2.19 bits per heavy atom. The summed E-state index contributed by atoms with van der Waals surface area (Å²) in [4.78, 5) is 10.3. The molecule has 92 valence electrons. The van der Waals surface area contributed by atoms with E-state index in [2.05, 4.69) is 5.32 Å². The van der Waals surface area contributed by atoms with Crippen molar-refractivity contribution in [1.29, 1.82) is 0 Å². The molecule has 4 nitrogen and oxygen atoms in total. The van der Waals surface area contributed by atoms with Crippen LogP contribution < -0.4 is 5.32 Å². The van der Waals surface area contributed by atoms with Crippen molar-refractivity contribution in [3.05, 3.63) is 0 Å². The van der Waals surface area contributed by atoms with Gasteiger partial charge in [-0.3, -0.25) is 4.79 Å². The Morgan fingerprint density at radius 1 is 1.31 bits per heavy atom. The smallest absolute Gasteiger partial charge is 0.303 e. The third kappa shape index (κ3) is 3.19. The molecule has 0 aliphatic carbocycles. The van der Waals surface area contributed by atoms with Crippen molar-refractivity contribution in [1.82, 2.24) is 5.32 Å². The maximum Gasteiger partial charge on any atom is 0.303 e. The minimum Gasteiger partial charge on any atom is -0.481 e. The van der Waals surface area contributed by atoms with Gasteiger partial charge in [-0.2, -0.15) is 0 Å². The number of fused-ring (bicyclic) bond motifs is 2. The van der Waals surface area contributed by atoms with Crippen LogP contribution in [0.3, 0.4) is 0 Å². The molecule has 2 saturated heterocycles. The Kier molecular flexibility index (Phi) is 4.18. The summed E-state index contributed by atoms with van der Waals surface area (Å²) in [5, 5.41) is 12.0. The van der Waals surface area contributed by atoms with Crippen LogP contribution in [0.4, 0.5) is 0 Å². The van der Waals surface area contributed by atoms with Crippen LogP contribution in [0.15, 0.2) is 0 Å². The predicted molar refractivity (Wildman–Crippen MR) is 60.4 cm³/mol. The number of nitrogens with one attached hydrogen (secondary N) is 1. The third-order valence-corrected chi connectivity index (χ3v) is 3.58. The molecule has 0 radical (unpaired) electrons. The molecule has 0 saturated carbocycles. The second kappa shape index (κ2) is 5.64. The van der Waals surface area contributed by atoms with Gasteiger partial charge in [0, 0.05) is 12.5 Å². The van der Waals surface area contributed by atoms with E-state index < -0.39 is 5.97 Å². The molecule has 0 amide bonds. The zero-order valence-electron chi connectivity index (χ0n) is 9.65. The lowest BCUT2D eigenvalue weighted by Gasteiger charge is -2.19. The Bertz CT molecular complexity index is 244. The fraction of sp³-hybridized carbons (Fsp3) is 0.917. The molecule has 3 unspecified atom stereocenters. The maximum absolute atomic E-state index is 10.3. The van der Waals surface area contributed by atoms with E-state index in [9.17, 15) is 4.79 Å². The van der Waals surface area contributed by atoms with Gasteiger partial charge < -0.3 is 15.2 Å². The van der Waals surface area contributed by atoms with Crippen molar-refractivity contribution in [2.75, 3.05) is 6.54 Å². The van der Waals surface area contributed by atoms with Crippen molar-refractivity contribution in [2.45, 2.75) is 63.2 Å². The fourth-order valence-corrected chi connectivity index (χ4v) is 2.72. The molecule has 2 heterocycles. The van der Waals surface area contributed by atoms with Crippen LogP contribution in [0.2, 0.25) is 0 Å². The minimum absolute atomic E-state index is 0.303. The van der Waals surface area contributed by atoms with Crippen molar-refractivity contribution in [2.24, 2.45) is 0 Å². The van der Waals surface area contributed by atoms with Gasteiger partial charge in [-0.15, -0.1) is 0 Å². The number of hydrogen-bond acceptors (Lipinski definition) is 3. The highest BCUT2D eigenvalue weighted by Crippen LogP contribution is 2.34. The quantitative estimate of drug-likeness (QED) is 0.648. The molecule has 2 aliphatic rings. The lowest BCUT2D eigenvalue weighted by atomic mass is 9.95. The third-order valence-electron chi connectivity index (χ3n) is 3.58. The summed E-state index contributed by atoms with van der Waals surface area (Å²) in [7, 11) is 0. The second-order valence-corrected chi connectivity index (χ2v) is 4.87. The highest BCUT2D eigenvalue weighted by atomic mass is 16.5. The van der Waals surface area contributed by atoms with E-state index in [1.54, 1.807) is 0 Å². The Balaban J connectivity index is 1.48. The molecule has 0 aromatic rings. The number of ether oxygens (including phenoxy) is 1. The van der Waals surface area contributed by atoms with Gasteiger partial charge >= 0.3 is 5.97 Å². The lowest BCUT2D eigenvalue weighted by molar-refractivity contribution is -0.137. The highest BCUT2D eigenvalue weighted by molar-refractivity contribution is 5.66. The van der Waals surface area contributed by atoms with E-state index in [0.717, 1.165) is 25.8 Å². The number of unbranched alkanes of at least 4 members (excludes halogenated alkanes) is 2. The molecule has 0 aromatic carbocycles. The predicted octanol–water partition coefficient (Wildman–Crippen LogP) is 1.54. The van der Waals surface area contributed by atoms with Crippen LogP contribution in [0.1, 0.15) is 44.9 Å². The Morgan fingerprint density at radius 3 is 2.81 bits per heavy atom. The summed E-state index contributed by atoms with van der Waals surface area (Å²) in [5.74, 6) is -0.686. The van der Waals surface area contributed by atoms with Crippen molar-refractivity contribution < 1.29 is 14.6 Å². The molecule has 4 heteroatoms. The van der Waals surface area contributed by atoms with Gasteiger partial charge in [0.1, 0.15) is 0 Å². The topological polar surface area (TPSA) is 58.6 Å². The Labute approximate surface area is 96.4 Å². The van der Waals surface area contributed by atoms with Crippen LogP contribution in [-0.4, -0.2) is 35.9 Å². The van der Waals surface area contributed by atoms with E-state index in [1.807, 2.05) is 0 Å². The summed E-state index contributed by atoms with van der Waals surface area (Å²) in [6, 6.07) is 0.554. The molecule has 2 aliphatic heterocycles. The average Bonchev–Trinajstić information content (AvgIpc) is 2.84. The fourth-order valence-electron chi connectivity index (χ4n) is 2.72. The van der Waals surface area contributed by atoms with E-state index in [0.29, 0.717) is 24.7 Å². The number of carbonyl (C=O) groups is 1. The lowest BCUT2D eigenvalue weighted by Crippen LogP contribution is -2.37. The van der Waals surface area contributed by atoms with E-state index in [4.69, 9.17) is 9.84 Å². The molecule has 2 bridgehead atoms. The zero-order chi connectivity index (χ0) is 11.4. The van der Waals surface area contributed by atoms with Crippen molar-refractivity contribution >= 4 is 5.97 Å². The normalized spacial score (nSPS) is 32.1. The summed E-state index contributed by atoms with van der Waals surface area (Å²) >= 11 is 0. The molecular formula is C12H21NO3. The Hall–Kier alpha value is -0.610. The molecule has 0 spiro atoms. The van der Waals surface area contributed by atoms with Crippen LogP contribution >= 0.6 is 0 Å². The van der Waals surface area contributed by atoms with Crippen LogP contribution in [0.5, 0.6) is 0 Å². The molecule has 0 aromatic heterocycles. The van der Waals surface area contributed by atoms with Crippen molar-refractivity contribution in [3.8, 4) is 0 Å². The summed E-state index contributed by atoms with van der Waals surface area (Å²) < 4.78 is 5.75. The van der Waals surface area contributed by atoms with Gasteiger partial charge in [0.2, 0.25) is 0 Å². The van der Waals surface area contributed by atoms with E-state index in [1.165, 1.54) is 19.3 Å². The first-order chi connectivity index (χ1) is 7.75. The minimum atomic E-state index is -0.686. The van der Waals surface area contributed by atoms with Gasteiger partial charge in [0.25, 0.3) is 0 Å². The maximum atomic E-state index is 10.3. The largest absolute Gasteiger partial charge is 0.481 e. The number of carboxylic acids is 1. The van der Waals surface area contributed by atoms with Gasteiger partial charge in [-0.25, -0.2) is 0 Å². The van der Waals surface area contributed by atoms with E-state index >= 15 is 0 Å². The SMILES string of the molecule is O=C(O)CCCCCNC1CC2CCC1O2. The molecule has 2 N–H and O–H groups in total.